The molecular weight excluding hydrogens is 457 g/mol. The maximum atomic E-state index is 14.8. The highest BCUT2D eigenvalue weighted by Gasteiger charge is 2.48. The Hall–Kier alpha value is -3.33. The first-order chi connectivity index (χ1) is 17.2. The lowest BCUT2D eigenvalue weighted by molar-refractivity contribution is -0.167. The summed E-state index contributed by atoms with van der Waals surface area (Å²) in [4.78, 5) is 16.8. The van der Waals surface area contributed by atoms with Gasteiger partial charge in [0.15, 0.2) is 0 Å². The zero-order valence-electron chi connectivity index (χ0n) is 21.3. The van der Waals surface area contributed by atoms with Crippen molar-refractivity contribution in [2.45, 2.75) is 76.4 Å². The van der Waals surface area contributed by atoms with E-state index < -0.39 is 22.9 Å². The number of aliphatic hydroxyl groups is 1. The number of aliphatic hydroxyl groups excluding tert-OH is 1. The molecule has 0 aromatic heterocycles. The summed E-state index contributed by atoms with van der Waals surface area (Å²) in [6.45, 7) is 10.8. The van der Waals surface area contributed by atoms with Crippen molar-refractivity contribution >= 4 is 5.97 Å². The number of benzene rings is 2. The van der Waals surface area contributed by atoms with Crippen LogP contribution in [0.15, 0.2) is 53.8 Å². The maximum Gasteiger partial charge on any atom is 0.338 e. The van der Waals surface area contributed by atoms with Crippen molar-refractivity contribution in [3.05, 3.63) is 87.7 Å². The van der Waals surface area contributed by atoms with Gasteiger partial charge in [0.25, 0.3) is 5.54 Å². The summed E-state index contributed by atoms with van der Waals surface area (Å²) in [5.41, 5.74) is 0.575. The molecule has 0 amide bonds. The Bertz CT molecular complexity index is 1210. The molecule has 0 radical (unpaired) electrons. The lowest BCUT2D eigenvalue weighted by atomic mass is 9.76. The van der Waals surface area contributed by atoms with Crippen molar-refractivity contribution in [2.75, 3.05) is 7.11 Å². The number of methoxy groups -OCH3 is 1. The second-order valence-electron chi connectivity index (χ2n) is 10.6. The van der Waals surface area contributed by atoms with E-state index in [-0.39, 0.29) is 30.1 Å². The Balaban J connectivity index is 1.57. The molecule has 1 saturated carbocycles. The summed E-state index contributed by atoms with van der Waals surface area (Å²) < 4.78 is 26.3. The average molecular weight is 492 g/mol. The standard InChI is InChI=1S/C30H34FNO4/c1-29(2,32-3)25-13-12-20(18-26(25)31)14-15-30(22-9-5-6-10-22)19-27(33)24(28(34)36-30)17-21-8-7-11-23(16-21)35-4/h7-8,11-13,16,18,22,33H,5-6,9-10,14-15,17,19H2,1-2,4H3. The summed E-state index contributed by atoms with van der Waals surface area (Å²) in [5, 5.41) is 11.1. The third kappa shape index (κ3) is 5.26. The minimum Gasteiger partial charge on any atom is -0.512 e. The number of hydrogen-bond donors (Lipinski definition) is 1. The molecule has 1 unspecified atom stereocenters. The highest BCUT2D eigenvalue weighted by Crippen LogP contribution is 2.46. The minimum absolute atomic E-state index is 0.0845. The fraction of sp³-hybridized carbons (Fsp3) is 0.467. The molecule has 0 bridgehead atoms. The molecule has 36 heavy (non-hydrogen) atoms. The van der Waals surface area contributed by atoms with Gasteiger partial charge in [-0.3, -0.25) is 0 Å². The molecule has 1 heterocycles. The van der Waals surface area contributed by atoms with Crippen LogP contribution in [-0.4, -0.2) is 23.8 Å². The summed E-state index contributed by atoms with van der Waals surface area (Å²) in [5.74, 6) is 0.0599. The van der Waals surface area contributed by atoms with Crippen molar-refractivity contribution in [1.82, 2.24) is 0 Å². The van der Waals surface area contributed by atoms with Gasteiger partial charge in [-0.1, -0.05) is 31.0 Å². The largest absolute Gasteiger partial charge is 0.512 e. The molecule has 0 spiro atoms. The summed E-state index contributed by atoms with van der Waals surface area (Å²) in [6, 6.07) is 12.4. The van der Waals surface area contributed by atoms with Crippen LogP contribution in [0.5, 0.6) is 5.75 Å². The number of rotatable bonds is 8. The second kappa shape index (κ2) is 10.3. The molecule has 1 atom stereocenters. The van der Waals surface area contributed by atoms with Crippen molar-refractivity contribution in [3.63, 3.8) is 0 Å². The van der Waals surface area contributed by atoms with Gasteiger partial charge in [-0.15, -0.1) is 0 Å². The summed E-state index contributed by atoms with van der Waals surface area (Å²) in [6.07, 6.45) is 5.58. The van der Waals surface area contributed by atoms with Crippen LogP contribution in [0.4, 0.5) is 4.39 Å². The van der Waals surface area contributed by atoms with Gasteiger partial charge in [-0.05, 0) is 67.0 Å². The van der Waals surface area contributed by atoms with E-state index in [4.69, 9.17) is 16.0 Å². The lowest BCUT2D eigenvalue weighted by Crippen LogP contribution is -2.46. The van der Waals surface area contributed by atoms with Gasteiger partial charge in [0.05, 0.1) is 18.2 Å². The maximum absolute atomic E-state index is 14.8. The Morgan fingerprint density at radius 3 is 2.58 bits per heavy atom. The van der Waals surface area contributed by atoms with Gasteiger partial charge in [0, 0.05) is 26.7 Å². The Labute approximate surface area is 212 Å². The summed E-state index contributed by atoms with van der Waals surface area (Å²) in [7, 11) is 1.59. The van der Waals surface area contributed by atoms with Gasteiger partial charge in [0.2, 0.25) is 0 Å². The smallest absolute Gasteiger partial charge is 0.338 e. The van der Waals surface area contributed by atoms with Gasteiger partial charge in [-0.2, -0.15) is 0 Å². The van der Waals surface area contributed by atoms with Gasteiger partial charge in [0.1, 0.15) is 22.9 Å². The monoisotopic (exact) mass is 491 g/mol. The molecule has 2 aromatic carbocycles. The quantitative estimate of drug-likeness (QED) is 0.324. The molecule has 2 aliphatic rings. The van der Waals surface area contributed by atoms with Crippen LogP contribution in [-0.2, 0) is 27.9 Å². The Kier molecular flexibility index (Phi) is 7.40. The zero-order chi connectivity index (χ0) is 25.9. The normalized spacial score (nSPS) is 20.8. The number of ether oxygens (including phenoxy) is 2. The van der Waals surface area contributed by atoms with Crippen LogP contribution in [0, 0.1) is 18.3 Å². The Morgan fingerprint density at radius 2 is 1.94 bits per heavy atom. The molecule has 1 N–H and O–H groups in total. The zero-order valence-corrected chi connectivity index (χ0v) is 21.3. The van der Waals surface area contributed by atoms with Crippen molar-refractivity contribution in [2.24, 2.45) is 5.92 Å². The van der Waals surface area contributed by atoms with E-state index in [1.807, 2.05) is 30.3 Å². The van der Waals surface area contributed by atoms with E-state index in [2.05, 4.69) is 4.85 Å². The topological polar surface area (TPSA) is 60.1 Å². The number of aryl methyl sites for hydroxylation is 1. The average Bonchev–Trinajstić information content (AvgIpc) is 3.41. The van der Waals surface area contributed by atoms with Gasteiger partial charge >= 0.3 is 5.97 Å². The summed E-state index contributed by atoms with van der Waals surface area (Å²) >= 11 is 0. The van der Waals surface area contributed by atoms with Crippen LogP contribution in [0.1, 0.15) is 69.1 Å². The number of carbonyl (C=O) groups excluding carboxylic acids is 1. The number of cyclic esters (lactones) is 1. The highest BCUT2D eigenvalue weighted by atomic mass is 19.1. The number of halogens is 1. The molecule has 190 valence electrons. The molecule has 1 fully saturated rings. The van der Waals surface area contributed by atoms with Crippen molar-refractivity contribution in [3.8, 4) is 5.75 Å². The fourth-order valence-electron chi connectivity index (χ4n) is 5.60. The first-order valence-corrected chi connectivity index (χ1v) is 12.6. The SMILES string of the molecule is [C-]#[N+]C(C)(C)c1ccc(CCC2(C3CCCC3)CC(O)=C(Cc3cccc(OC)c3)C(=O)O2)cc1F. The molecular formula is C30H34FNO4. The molecule has 5 nitrogen and oxygen atoms in total. The van der Waals surface area contributed by atoms with E-state index in [0.29, 0.717) is 24.2 Å². The fourth-order valence-corrected chi connectivity index (χ4v) is 5.60. The van der Waals surface area contributed by atoms with Crippen LogP contribution in [0.3, 0.4) is 0 Å². The van der Waals surface area contributed by atoms with Crippen LogP contribution in [0.2, 0.25) is 0 Å². The molecule has 4 rings (SSSR count). The predicted octanol–water partition coefficient (Wildman–Crippen LogP) is 6.85. The molecule has 6 heteroatoms. The molecule has 1 aliphatic carbocycles. The number of carbonyl (C=O) groups is 1. The molecule has 2 aromatic rings. The van der Waals surface area contributed by atoms with E-state index in [9.17, 15) is 14.3 Å². The Morgan fingerprint density at radius 1 is 1.19 bits per heavy atom. The molecule has 0 saturated heterocycles. The molecule has 1 aliphatic heterocycles. The van der Waals surface area contributed by atoms with Crippen LogP contribution < -0.4 is 4.74 Å². The van der Waals surface area contributed by atoms with Gasteiger partial charge in [-0.25, -0.2) is 15.8 Å². The highest BCUT2D eigenvalue weighted by molar-refractivity contribution is 5.90. The predicted molar refractivity (Wildman–Crippen MR) is 136 cm³/mol. The van der Waals surface area contributed by atoms with Crippen LogP contribution in [0.25, 0.3) is 4.85 Å². The van der Waals surface area contributed by atoms with Crippen LogP contribution >= 0.6 is 0 Å². The third-order valence-electron chi connectivity index (χ3n) is 7.78. The van der Waals surface area contributed by atoms with E-state index in [0.717, 1.165) is 36.8 Å². The van der Waals surface area contributed by atoms with E-state index >= 15 is 0 Å². The minimum atomic E-state index is -0.928. The van der Waals surface area contributed by atoms with E-state index in [1.54, 1.807) is 27.0 Å². The lowest BCUT2D eigenvalue weighted by Gasteiger charge is -2.42. The third-order valence-corrected chi connectivity index (χ3v) is 7.78. The number of hydrogen-bond acceptors (Lipinski definition) is 4. The van der Waals surface area contributed by atoms with Crippen molar-refractivity contribution < 1.29 is 23.8 Å². The second-order valence-corrected chi connectivity index (χ2v) is 10.6. The number of esters is 1. The van der Waals surface area contributed by atoms with Crippen molar-refractivity contribution in [1.29, 1.82) is 0 Å². The van der Waals surface area contributed by atoms with E-state index in [1.165, 1.54) is 6.07 Å². The van der Waals surface area contributed by atoms with Gasteiger partial charge < -0.3 is 19.4 Å². The number of nitrogens with zero attached hydrogens (tertiary/aromatic N) is 1. The first kappa shape index (κ1) is 25.8. The first-order valence-electron chi connectivity index (χ1n) is 12.6.